The van der Waals surface area contributed by atoms with Crippen LogP contribution in [0.4, 0.5) is 0 Å². The molecule has 0 spiro atoms. The second kappa shape index (κ2) is 3.70. The average molecular weight is 169 g/mol. The van der Waals surface area contributed by atoms with E-state index in [2.05, 4.69) is 12.2 Å². The largest absolute Gasteiger partial charge is 0.353 e. The summed E-state index contributed by atoms with van der Waals surface area (Å²) in [5, 5.41) is 2.82. The first-order chi connectivity index (χ1) is 5.58. The Bertz CT molecular complexity index is 195. The molecule has 1 fully saturated rings. The number of rotatable bonds is 3. The van der Waals surface area contributed by atoms with Crippen LogP contribution in [0.15, 0.2) is 0 Å². The van der Waals surface area contributed by atoms with Crippen molar-refractivity contribution in [2.75, 3.05) is 0 Å². The number of Topliss-reactive ketones (excluding diaryl/α,β-unsaturated/α-hetero) is 1. The fourth-order valence-electron chi connectivity index (χ4n) is 1.53. The van der Waals surface area contributed by atoms with Crippen molar-refractivity contribution in [2.45, 2.75) is 39.2 Å². The third-order valence-electron chi connectivity index (χ3n) is 2.15. The maximum atomic E-state index is 11.0. The third-order valence-corrected chi connectivity index (χ3v) is 2.15. The van der Waals surface area contributed by atoms with Crippen molar-refractivity contribution in [3.05, 3.63) is 0 Å². The second-order valence-electron chi connectivity index (χ2n) is 3.72. The molecule has 1 N–H and O–H groups in total. The predicted molar refractivity (Wildman–Crippen MR) is 45.6 cm³/mol. The smallest absolute Gasteiger partial charge is 0.227 e. The zero-order chi connectivity index (χ0) is 9.14. The van der Waals surface area contributed by atoms with Gasteiger partial charge in [-0.1, -0.05) is 6.92 Å². The molecular formula is C9H15NO2. The molecule has 0 bridgehead atoms. The average Bonchev–Trinajstić information content (AvgIpc) is 1.82. The molecule has 0 heterocycles. The number of hydrogen-bond acceptors (Lipinski definition) is 2. The van der Waals surface area contributed by atoms with E-state index in [1.807, 2.05) is 0 Å². The fraction of sp³-hybridized carbons (Fsp3) is 0.778. The molecule has 0 aliphatic heterocycles. The summed E-state index contributed by atoms with van der Waals surface area (Å²) in [7, 11) is 0. The summed E-state index contributed by atoms with van der Waals surface area (Å²) in [5.41, 5.74) is 0. The van der Waals surface area contributed by atoms with Gasteiger partial charge in [0.25, 0.3) is 0 Å². The van der Waals surface area contributed by atoms with Crippen LogP contribution >= 0.6 is 0 Å². The summed E-state index contributed by atoms with van der Waals surface area (Å²) in [5.74, 6) is 0.534. The molecule has 0 saturated heterocycles. The van der Waals surface area contributed by atoms with Gasteiger partial charge in [0.05, 0.1) is 6.42 Å². The van der Waals surface area contributed by atoms with Crippen molar-refractivity contribution < 1.29 is 9.59 Å². The van der Waals surface area contributed by atoms with E-state index in [-0.39, 0.29) is 18.1 Å². The summed E-state index contributed by atoms with van der Waals surface area (Å²) < 4.78 is 0. The van der Waals surface area contributed by atoms with E-state index in [0.29, 0.717) is 6.04 Å². The molecule has 0 aromatic rings. The van der Waals surface area contributed by atoms with Gasteiger partial charge < -0.3 is 5.32 Å². The van der Waals surface area contributed by atoms with Gasteiger partial charge in [-0.25, -0.2) is 0 Å². The Hall–Kier alpha value is -0.860. The van der Waals surface area contributed by atoms with E-state index in [4.69, 9.17) is 0 Å². The van der Waals surface area contributed by atoms with Gasteiger partial charge >= 0.3 is 0 Å². The van der Waals surface area contributed by atoms with Crippen LogP contribution in [0, 0.1) is 5.92 Å². The van der Waals surface area contributed by atoms with Gasteiger partial charge in [0, 0.05) is 6.04 Å². The molecule has 68 valence electrons. The molecule has 1 aliphatic carbocycles. The highest BCUT2D eigenvalue weighted by Crippen LogP contribution is 2.26. The number of ketones is 1. The lowest BCUT2D eigenvalue weighted by Gasteiger charge is -2.33. The second-order valence-corrected chi connectivity index (χ2v) is 3.72. The first-order valence-corrected chi connectivity index (χ1v) is 4.36. The van der Waals surface area contributed by atoms with E-state index in [1.165, 1.54) is 6.92 Å². The molecule has 0 unspecified atom stereocenters. The van der Waals surface area contributed by atoms with Crippen molar-refractivity contribution in [3.63, 3.8) is 0 Å². The monoisotopic (exact) mass is 169 g/mol. The Morgan fingerprint density at radius 3 is 2.42 bits per heavy atom. The molecule has 1 aliphatic rings. The van der Waals surface area contributed by atoms with Crippen molar-refractivity contribution >= 4 is 11.7 Å². The van der Waals surface area contributed by atoms with E-state index in [9.17, 15) is 9.59 Å². The Balaban J connectivity index is 2.15. The van der Waals surface area contributed by atoms with Gasteiger partial charge in [0.15, 0.2) is 0 Å². The number of nitrogens with one attached hydrogen (secondary N) is 1. The van der Waals surface area contributed by atoms with Crippen molar-refractivity contribution in [1.29, 1.82) is 0 Å². The van der Waals surface area contributed by atoms with Crippen LogP contribution in [0.1, 0.15) is 33.1 Å². The molecule has 0 radical (unpaired) electrons. The van der Waals surface area contributed by atoms with Crippen LogP contribution in [0.5, 0.6) is 0 Å². The molecule has 3 nitrogen and oxygen atoms in total. The first-order valence-electron chi connectivity index (χ1n) is 4.36. The molecule has 1 rings (SSSR count). The summed E-state index contributed by atoms with van der Waals surface area (Å²) in [6.45, 7) is 3.59. The zero-order valence-electron chi connectivity index (χ0n) is 7.59. The highest BCUT2D eigenvalue weighted by atomic mass is 16.2. The Labute approximate surface area is 72.5 Å². The number of carbonyl (C=O) groups excluding carboxylic acids is 2. The van der Waals surface area contributed by atoms with Crippen molar-refractivity contribution in [3.8, 4) is 0 Å². The quantitative estimate of drug-likeness (QED) is 0.637. The van der Waals surface area contributed by atoms with Crippen LogP contribution in [0.25, 0.3) is 0 Å². The lowest BCUT2D eigenvalue weighted by molar-refractivity contribution is -0.128. The van der Waals surface area contributed by atoms with Gasteiger partial charge in [-0.15, -0.1) is 0 Å². The molecule has 12 heavy (non-hydrogen) atoms. The summed E-state index contributed by atoms with van der Waals surface area (Å²) in [6.07, 6.45) is 2.15. The lowest BCUT2D eigenvalue weighted by Crippen LogP contribution is -2.43. The maximum absolute atomic E-state index is 11.0. The number of amides is 1. The molecule has 1 amide bonds. The molecule has 0 aromatic heterocycles. The summed E-state index contributed by atoms with van der Waals surface area (Å²) in [6, 6.07) is 0.326. The first kappa shape index (κ1) is 9.23. The van der Waals surface area contributed by atoms with Crippen molar-refractivity contribution in [1.82, 2.24) is 5.32 Å². The molecule has 3 heteroatoms. The van der Waals surface area contributed by atoms with Crippen molar-refractivity contribution in [2.24, 2.45) is 5.92 Å². The Morgan fingerprint density at radius 1 is 1.42 bits per heavy atom. The minimum Gasteiger partial charge on any atom is -0.353 e. The molecule has 0 atom stereocenters. The van der Waals surface area contributed by atoms with Gasteiger partial charge in [-0.2, -0.15) is 0 Å². The SMILES string of the molecule is CC(=O)CC(=O)NC1CC(C)C1. The van der Waals surface area contributed by atoms with E-state index < -0.39 is 0 Å². The normalized spacial score (nSPS) is 27.5. The van der Waals surface area contributed by atoms with E-state index in [0.717, 1.165) is 18.8 Å². The van der Waals surface area contributed by atoms with Crippen LogP contribution in [-0.4, -0.2) is 17.7 Å². The topological polar surface area (TPSA) is 46.2 Å². The fourth-order valence-corrected chi connectivity index (χ4v) is 1.53. The molecule has 1 saturated carbocycles. The van der Waals surface area contributed by atoms with Gasteiger partial charge in [0.2, 0.25) is 5.91 Å². The Morgan fingerprint density at radius 2 is 2.00 bits per heavy atom. The minimum atomic E-state index is -0.126. The molecule has 0 aromatic carbocycles. The van der Waals surface area contributed by atoms with Crippen LogP contribution in [-0.2, 0) is 9.59 Å². The minimum absolute atomic E-state index is 0.0326. The number of hydrogen-bond donors (Lipinski definition) is 1. The predicted octanol–water partition coefficient (Wildman–Crippen LogP) is 0.880. The van der Waals surface area contributed by atoms with Gasteiger partial charge in [-0.3, -0.25) is 9.59 Å². The Kier molecular flexibility index (Phi) is 2.84. The van der Waals surface area contributed by atoms with E-state index >= 15 is 0 Å². The zero-order valence-corrected chi connectivity index (χ0v) is 7.59. The number of carbonyl (C=O) groups is 2. The standard InChI is InChI=1S/C9H15NO2/c1-6-3-8(4-6)10-9(12)5-7(2)11/h6,8H,3-5H2,1-2H3,(H,10,12). The third kappa shape index (κ3) is 2.64. The van der Waals surface area contributed by atoms with Gasteiger partial charge in [0.1, 0.15) is 5.78 Å². The van der Waals surface area contributed by atoms with Crippen LogP contribution < -0.4 is 5.32 Å². The molecular weight excluding hydrogens is 154 g/mol. The summed E-state index contributed by atoms with van der Waals surface area (Å²) >= 11 is 0. The highest BCUT2D eigenvalue weighted by molar-refractivity contribution is 5.96. The van der Waals surface area contributed by atoms with Crippen LogP contribution in [0.3, 0.4) is 0 Å². The van der Waals surface area contributed by atoms with Gasteiger partial charge in [-0.05, 0) is 25.7 Å². The summed E-state index contributed by atoms with van der Waals surface area (Å²) in [4.78, 5) is 21.6. The lowest BCUT2D eigenvalue weighted by atomic mass is 9.82. The maximum Gasteiger partial charge on any atom is 0.227 e. The highest BCUT2D eigenvalue weighted by Gasteiger charge is 2.26. The van der Waals surface area contributed by atoms with E-state index in [1.54, 1.807) is 0 Å². The van der Waals surface area contributed by atoms with Crippen LogP contribution in [0.2, 0.25) is 0 Å².